The molecule has 0 spiro atoms. The Labute approximate surface area is 389 Å². The molecule has 0 amide bonds. The summed E-state index contributed by atoms with van der Waals surface area (Å²) >= 11 is 0. The fraction of sp³-hybridized carbons (Fsp3) is 0.0769. The van der Waals surface area contributed by atoms with E-state index < -0.39 is 0 Å². The predicted octanol–water partition coefficient (Wildman–Crippen LogP) is 17.5. The van der Waals surface area contributed by atoms with E-state index in [1.165, 1.54) is 94.6 Å². The van der Waals surface area contributed by atoms with Crippen molar-refractivity contribution in [3.05, 3.63) is 270 Å². The van der Waals surface area contributed by atoms with E-state index in [1.54, 1.807) is 0 Å². The average Bonchev–Trinajstić information content (AvgIpc) is 3.79. The maximum atomic E-state index is 2.44. The molecule has 314 valence electrons. The second-order valence-corrected chi connectivity index (χ2v) is 18.6. The Morgan fingerprint density at radius 2 is 0.773 bits per heavy atom. The highest BCUT2D eigenvalue weighted by atomic mass is 15.1. The minimum absolute atomic E-state index is 0.134. The lowest BCUT2D eigenvalue weighted by molar-refractivity contribution is 0.662. The smallest absolute Gasteiger partial charge is 0.0468 e. The van der Waals surface area contributed by atoms with E-state index in [4.69, 9.17) is 0 Å². The third-order valence-corrected chi connectivity index (χ3v) is 14.6. The van der Waals surface area contributed by atoms with Crippen LogP contribution >= 0.6 is 0 Å². The number of rotatable bonds is 8. The second kappa shape index (κ2) is 15.6. The molecule has 1 nitrogen and oxygen atoms in total. The van der Waals surface area contributed by atoms with Crippen molar-refractivity contribution in [2.24, 2.45) is 0 Å². The third kappa shape index (κ3) is 6.30. The van der Waals surface area contributed by atoms with Crippen LogP contribution in [0.15, 0.2) is 243 Å². The maximum Gasteiger partial charge on any atom is 0.0468 e. The van der Waals surface area contributed by atoms with Crippen molar-refractivity contribution in [3.63, 3.8) is 0 Å². The minimum atomic E-state index is -0.260. The van der Waals surface area contributed by atoms with Gasteiger partial charge in [0, 0.05) is 27.9 Å². The van der Waals surface area contributed by atoms with Gasteiger partial charge >= 0.3 is 0 Å². The van der Waals surface area contributed by atoms with Crippen molar-refractivity contribution in [3.8, 4) is 66.8 Å². The molecule has 0 heterocycles. The standard InChI is InChI=1S/C65H49N/c1-64(2)60-31-15-13-28-56(60)58-30-18-29-54(63(58)64)48-23-17-26-51(41-48)66(52-38-40-53(45-19-7-4-8-20-45)59(43-52)46-21-9-5-10-22-46)50-36-33-44(34-37-50)47-35-39-57-55-27-14-16-32-61(55)65(3,62(57)42-47)49-24-11-6-12-25-49/h4-43H,1-3H3. The Hall–Kier alpha value is -8.00. The molecule has 10 aromatic carbocycles. The molecule has 0 saturated carbocycles. The molecule has 0 aliphatic heterocycles. The summed E-state index contributed by atoms with van der Waals surface area (Å²) < 4.78 is 0. The number of anilines is 3. The summed E-state index contributed by atoms with van der Waals surface area (Å²) in [6.07, 6.45) is 0. The second-order valence-electron chi connectivity index (χ2n) is 18.6. The monoisotopic (exact) mass is 843 g/mol. The number of benzene rings is 10. The highest BCUT2D eigenvalue weighted by Gasteiger charge is 2.41. The van der Waals surface area contributed by atoms with E-state index in [2.05, 4.69) is 268 Å². The lowest BCUT2D eigenvalue weighted by atomic mass is 9.74. The van der Waals surface area contributed by atoms with Gasteiger partial charge in [0.2, 0.25) is 0 Å². The Bertz CT molecular complexity index is 3440. The summed E-state index contributed by atoms with van der Waals surface area (Å²) in [5.41, 5.74) is 24.6. The zero-order valence-corrected chi connectivity index (χ0v) is 37.5. The molecule has 2 aliphatic carbocycles. The number of nitrogens with zero attached hydrogens (tertiary/aromatic N) is 1. The summed E-state index contributed by atoms with van der Waals surface area (Å²) in [4.78, 5) is 2.43. The largest absolute Gasteiger partial charge is 0.310 e. The van der Waals surface area contributed by atoms with Crippen LogP contribution in [0.5, 0.6) is 0 Å². The molecule has 1 unspecified atom stereocenters. The Kier molecular flexibility index (Phi) is 9.36. The van der Waals surface area contributed by atoms with Crippen molar-refractivity contribution < 1.29 is 0 Å². The first kappa shape index (κ1) is 39.6. The fourth-order valence-electron chi connectivity index (χ4n) is 11.3. The average molecular weight is 844 g/mol. The zero-order chi connectivity index (χ0) is 44.4. The molecule has 0 bridgehead atoms. The van der Waals surface area contributed by atoms with Gasteiger partial charge in [-0.2, -0.15) is 0 Å². The first-order valence-electron chi connectivity index (χ1n) is 23.2. The van der Waals surface area contributed by atoms with Crippen LogP contribution in [0, 0.1) is 0 Å². The van der Waals surface area contributed by atoms with Crippen LogP contribution in [0.25, 0.3) is 66.8 Å². The minimum Gasteiger partial charge on any atom is -0.310 e. The van der Waals surface area contributed by atoms with E-state index >= 15 is 0 Å². The van der Waals surface area contributed by atoms with Gasteiger partial charge in [-0.3, -0.25) is 0 Å². The lowest BCUT2D eigenvalue weighted by Crippen LogP contribution is -2.22. The van der Waals surface area contributed by atoms with Gasteiger partial charge in [0.05, 0.1) is 0 Å². The molecular weight excluding hydrogens is 795 g/mol. The van der Waals surface area contributed by atoms with Gasteiger partial charge in [-0.15, -0.1) is 0 Å². The molecule has 12 rings (SSSR count). The van der Waals surface area contributed by atoms with Crippen LogP contribution in [0.3, 0.4) is 0 Å². The molecule has 0 fully saturated rings. The van der Waals surface area contributed by atoms with E-state index in [-0.39, 0.29) is 10.8 Å². The normalized spacial score (nSPS) is 15.1. The predicted molar refractivity (Wildman–Crippen MR) is 278 cm³/mol. The highest BCUT2D eigenvalue weighted by molar-refractivity contribution is 5.92. The molecule has 10 aromatic rings. The zero-order valence-electron chi connectivity index (χ0n) is 37.5. The van der Waals surface area contributed by atoms with Gasteiger partial charge in [-0.1, -0.05) is 214 Å². The van der Waals surface area contributed by atoms with Crippen LogP contribution in [-0.2, 0) is 10.8 Å². The van der Waals surface area contributed by atoms with Crippen molar-refractivity contribution in [2.45, 2.75) is 31.6 Å². The van der Waals surface area contributed by atoms with Gasteiger partial charge < -0.3 is 4.90 Å². The number of hydrogen-bond donors (Lipinski definition) is 0. The molecule has 0 radical (unpaired) electrons. The summed E-state index contributed by atoms with van der Waals surface area (Å²) in [5.74, 6) is 0. The van der Waals surface area contributed by atoms with Gasteiger partial charge in [0.1, 0.15) is 0 Å². The van der Waals surface area contributed by atoms with Gasteiger partial charge in [-0.25, -0.2) is 0 Å². The molecule has 1 heteroatoms. The molecule has 1 atom stereocenters. The van der Waals surface area contributed by atoms with Crippen LogP contribution in [0.1, 0.15) is 48.6 Å². The Morgan fingerprint density at radius 3 is 1.50 bits per heavy atom. The first-order chi connectivity index (χ1) is 32.4. The van der Waals surface area contributed by atoms with Gasteiger partial charge in [0.25, 0.3) is 0 Å². The highest BCUT2D eigenvalue weighted by Crippen LogP contribution is 2.54. The number of hydrogen-bond acceptors (Lipinski definition) is 1. The fourth-order valence-corrected chi connectivity index (χ4v) is 11.3. The van der Waals surface area contributed by atoms with Crippen molar-refractivity contribution in [2.75, 3.05) is 4.90 Å². The molecule has 0 saturated heterocycles. The Morgan fingerprint density at radius 1 is 0.273 bits per heavy atom. The van der Waals surface area contributed by atoms with E-state index in [0.29, 0.717) is 0 Å². The third-order valence-electron chi connectivity index (χ3n) is 14.6. The van der Waals surface area contributed by atoms with Gasteiger partial charge in [-0.05, 0) is 144 Å². The lowest BCUT2D eigenvalue weighted by Gasteiger charge is -2.29. The molecule has 0 N–H and O–H groups in total. The van der Waals surface area contributed by atoms with Crippen LogP contribution in [0.4, 0.5) is 17.1 Å². The van der Waals surface area contributed by atoms with E-state index in [9.17, 15) is 0 Å². The SMILES string of the molecule is CC1(C)c2ccccc2-c2cccc(-c3cccc(N(c4ccc(-c5ccc6c(c5)C(C)(c5ccccc5)c5ccccc5-6)cc4)c4ccc(-c5ccccc5)c(-c5ccccc5)c4)c3)c21. The Balaban J connectivity index is 1.00. The maximum absolute atomic E-state index is 2.44. The van der Waals surface area contributed by atoms with Crippen LogP contribution in [0.2, 0.25) is 0 Å². The number of fused-ring (bicyclic) bond motifs is 6. The molecule has 2 aliphatic rings. The summed E-state index contributed by atoms with van der Waals surface area (Å²) in [5, 5.41) is 0. The topological polar surface area (TPSA) is 3.24 Å². The van der Waals surface area contributed by atoms with Crippen molar-refractivity contribution >= 4 is 17.1 Å². The van der Waals surface area contributed by atoms with Crippen LogP contribution in [-0.4, -0.2) is 0 Å². The molecule has 66 heavy (non-hydrogen) atoms. The van der Waals surface area contributed by atoms with E-state index in [0.717, 1.165) is 17.1 Å². The van der Waals surface area contributed by atoms with Crippen molar-refractivity contribution in [1.82, 2.24) is 0 Å². The van der Waals surface area contributed by atoms with Crippen LogP contribution < -0.4 is 4.90 Å². The van der Waals surface area contributed by atoms with Crippen molar-refractivity contribution in [1.29, 1.82) is 0 Å². The first-order valence-corrected chi connectivity index (χ1v) is 23.2. The summed E-state index contributed by atoms with van der Waals surface area (Å²) in [7, 11) is 0. The van der Waals surface area contributed by atoms with Gasteiger partial charge in [0.15, 0.2) is 0 Å². The summed E-state index contributed by atoms with van der Waals surface area (Å²) in [6, 6.07) is 89.6. The molecule has 0 aromatic heterocycles. The quantitative estimate of drug-likeness (QED) is 0.147. The van der Waals surface area contributed by atoms with E-state index in [1.807, 2.05) is 0 Å². The molecular formula is C65H49N. The summed E-state index contributed by atoms with van der Waals surface area (Å²) in [6.45, 7) is 7.14.